The van der Waals surface area contributed by atoms with Crippen molar-refractivity contribution in [2.24, 2.45) is 0 Å². The van der Waals surface area contributed by atoms with Crippen molar-refractivity contribution in [3.63, 3.8) is 0 Å². The summed E-state index contributed by atoms with van der Waals surface area (Å²) in [7, 11) is 3.37. The van der Waals surface area contributed by atoms with Gasteiger partial charge in [-0.15, -0.1) is 0 Å². The summed E-state index contributed by atoms with van der Waals surface area (Å²) in [6, 6.07) is 16.5. The third-order valence-electron chi connectivity index (χ3n) is 7.15. The number of nitrogens with one attached hydrogen (secondary N) is 1. The van der Waals surface area contributed by atoms with E-state index < -0.39 is 0 Å². The lowest BCUT2D eigenvalue weighted by Crippen LogP contribution is -2.35. The minimum atomic E-state index is -0.0372. The standard InChI is InChI=1S/C28H34N4O3/c1-34-23-12-10-20(11-13-23)18-32-26-14-15-31(17-21-6-5-9-24(16-21)35-2)19-25(26)27(30-32)28(33)29-22-7-3-4-8-22/h5-6,9-13,16,22H,3-4,7-8,14-15,17-19H2,1-2H3,(H,29,33). The van der Waals surface area contributed by atoms with Crippen LogP contribution in [0.25, 0.3) is 0 Å². The van der Waals surface area contributed by atoms with Gasteiger partial charge in [0.1, 0.15) is 11.5 Å². The predicted molar refractivity (Wildman–Crippen MR) is 135 cm³/mol. The Balaban J connectivity index is 1.40. The van der Waals surface area contributed by atoms with Gasteiger partial charge in [0.15, 0.2) is 5.69 Å². The second kappa shape index (κ2) is 10.5. The van der Waals surface area contributed by atoms with Crippen LogP contribution < -0.4 is 14.8 Å². The summed E-state index contributed by atoms with van der Waals surface area (Å²) in [5.41, 5.74) is 5.14. The molecule has 1 fully saturated rings. The van der Waals surface area contributed by atoms with Gasteiger partial charge < -0.3 is 14.8 Å². The number of hydrogen-bond donors (Lipinski definition) is 1. The lowest BCUT2D eigenvalue weighted by molar-refractivity contribution is 0.0929. The highest BCUT2D eigenvalue weighted by molar-refractivity contribution is 5.94. The number of carbonyl (C=O) groups excluding carboxylic acids is 1. The predicted octanol–water partition coefficient (Wildman–Crippen LogP) is 4.18. The molecule has 1 saturated carbocycles. The number of benzene rings is 2. The van der Waals surface area contributed by atoms with Gasteiger partial charge in [-0.05, 0) is 48.2 Å². The SMILES string of the molecule is COc1ccc(Cn2nc(C(=O)NC3CCCC3)c3c2CCN(Cc2cccc(OC)c2)C3)cc1. The molecule has 2 aromatic carbocycles. The zero-order valence-corrected chi connectivity index (χ0v) is 20.6. The molecule has 0 spiro atoms. The summed E-state index contributed by atoms with van der Waals surface area (Å²) >= 11 is 0. The van der Waals surface area contributed by atoms with E-state index in [1.165, 1.54) is 24.1 Å². The molecule has 35 heavy (non-hydrogen) atoms. The molecule has 5 rings (SSSR count). The van der Waals surface area contributed by atoms with Crippen LogP contribution in [0.5, 0.6) is 11.5 Å². The highest BCUT2D eigenvalue weighted by atomic mass is 16.5. The van der Waals surface area contributed by atoms with E-state index in [-0.39, 0.29) is 11.9 Å². The molecule has 7 nitrogen and oxygen atoms in total. The topological polar surface area (TPSA) is 68.6 Å². The van der Waals surface area contributed by atoms with Gasteiger partial charge in [-0.25, -0.2) is 0 Å². The largest absolute Gasteiger partial charge is 0.497 e. The van der Waals surface area contributed by atoms with Crippen LogP contribution in [-0.4, -0.2) is 47.4 Å². The zero-order valence-electron chi connectivity index (χ0n) is 20.6. The maximum absolute atomic E-state index is 13.3. The van der Waals surface area contributed by atoms with E-state index in [1.54, 1.807) is 14.2 Å². The lowest BCUT2D eigenvalue weighted by Gasteiger charge is -2.28. The molecule has 1 N–H and O–H groups in total. The van der Waals surface area contributed by atoms with Crippen molar-refractivity contribution in [1.29, 1.82) is 0 Å². The van der Waals surface area contributed by atoms with Crippen LogP contribution in [0.15, 0.2) is 48.5 Å². The molecule has 1 aliphatic carbocycles. The number of methoxy groups -OCH3 is 2. The monoisotopic (exact) mass is 474 g/mol. The number of nitrogens with zero attached hydrogens (tertiary/aromatic N) is 3. The van der Waals surface area contributed by atoms with Crippen LogP contribution in [-0.2, 0) is 26.1 Å². The van der Waals surface area contributed by atoms with E-state index in [9.17, 15) is 4.79 Å². The van der Waals surface area contributed by atoms with Gasteiger partial charge in [-0.1, -0.05) is 37.1 Å². The third kappa shape index (κ3) is 5.35. The molecule has 2 heterocycles. The molecular weight excluding hydrogens is 440 g/mol. The van der Waals surface area contributed by atoms with Crippen LogP contribution in [0.1, 0.15) is 58.6 Å². The molecule has 0 atom stereocenters. The first-order valence-electron chi connectivity index (χ1n) is 12.5. The van der Waals surface area contributed by atoms with Crippen molar-refractivity contribution in [2.75, 3.05) is 20.8 Å². The Bertz CT molecular complexity index is 1170. The van der Waals surface area contributed by atoms with E-state index in [2.05, 4.69) is 34.5 Å². The molecule has 7 heteroatoms. The van der Waals surface area contributed by atoms with Crippen LogP contribution >= 0.6 is 0 Å². The van der Waals surface area contributed by atoms with Crippen molar-refractivity contribution >= 4 is 5.91 Å². The van der Waals surface area contributed by atoms with Gasteiger partial charge in [-0.2, -0.15) is 5.10 Å². The van der Waals surface area contributed by atoms with Crippen molar-refractivity contribution < 1.29 is 14.3 Å². The molecule has 0 unspecified atom stereocenters. The molecule has 1 aromatic heterocycles. The fourth-order valence-corrected chi connectivity index (χ4v) is 5.25. The molecule has 0 radical (unpaired) electrons. The fourth-order valence-electron chi connectivity index (χ4n) is 5.25. The first-order chi connectivity index (χ1) is 17.1. The smallest absolute Gasteiger partial charge is 0.272 e. The summed E-state index contributed by atoms with van der Waals surface area (Å²) in [4.78, 5) is 15.7. The average Bonchev–Trinajstić information content (AvgIpc) is 3.52. The van der Waals surface area contributed by atoms with Crippen molar-refractivity contribution in [3.05, 3.63) is 76.6 Å². The Morgan fingerprint density at radius 1 is 1.00 bits per heavy atom. The minimum Gasteiger partial charge on any atom is -0.497 e. The van der Waals surface area contributed by atoms with Crippen LogP contribution in [0, 0.1) is 0 Å². The van der Waals surface area contributed by atoms with Crippen molar-refractivity contribution in [3.8, 4) is 11.5 Å². The minimum absolute atomic E-state index is 0.0372. The Labute approximate surface area is 207 Å². The van der Waals surface area contributed by atoms with E-state index >= 15 is 0 Å². The average molecular weight is 475 g/mol. The number of hydrogen-bond acceptors (Lipinski definition) is 5. The summed E-state index contributed by atoms with van der Waals surface area (Å²) in [5.74, 6) is 1.66. The van der Waals surface area contributed by atoms with E-state index in [0.29, 0.717) is 18.8 Å². The van der Waals surface area contributed by atoms with Gasteiger partial charge in [0, 0.05) is 43.4 Å². The van der Waals surface area contributed by atoms with Crippen LogP contribution in [0.2, 0.25) is 0 Å². The first-order valence-corrected chi connectivity index (χ1v) is 12.5. The molecule has 3 aromatic rings. The Kier molecular flexibility index (Phi) is 7.04. The number of ether oxygens (including phenoxy) is 2. The van der Waals surface area contributed by atoms with Crippen LogP contribution in [0.3, 0.4) is 0 Å². The quantitative estimate of drug-likeness (QED) is 0.531. The van der Waals surface area contributed by atoms with E-state index in [0.717, 1.165) is 55.0 Å². The highest BCUT2D eigenvalue weighted by Crippen LogP contribution is 2.27. The molecule has 0 bridgehead atoms. The van der Waals surface area contributed by atoms with Crippen molar-refractivity contribution in [1.82, 2.24) is 20.0 Å². The first kappa shape index (κ1) is 23.4. The third-order valence-corrected chi connectivity index (χ3v) is 7.15. The van der Waals surface area contributed by atoms with Gasteiger partial charge in [0.25, 0.3) is 5.91 Å². The van der Waals surface area contributed by atoms with Crippen molar-refractivity contribution in [2.45, 2.75) is 57.8 Å². The Morgan fingerprint density at radius 3 is 2.51 bits per heavy atom. The zero-order chi connectivity index (χ0) is 24.2. The maximum Gasteiger partial charge on any atom is 0.272 e. The Morgan fingerprint density at radius 2 is 1.77 bits per heavy atom. The fraction of sp³-hybridized carbons (Fsp3) is 0.429. The molecular formula is C28H34N4O3. The van der Waals surface area contributed by atoms with E-state index in [1.807, 2.05) is 28.9 Å². The molecule has 0 saturated heterocycles. The molecule has 184 valence electrons. The maximum atomic E-state index is 13.3. The second-order valence-corrected chi connectivity index (χ2v) is 9.55. The number of fused-ring (bicyclic) bond motifs is 1. The van der Waals surface area contributed by atoms with Gasteiger partial charge in [0.2, 0.25) is 0 Å². The normalized spacial score (nSPS) is 16.2. The Hall–Kier alpha value is -3.32. The van der Waals surface area contributed by atoms with E-state index in [4.69, 9.17) is 14.6 Å². The summed E-state index contributed by atoms with van der Waals surface area (Å²) in [6.07, 6.45) is 5.34. The highest BCUT2D eigenvalue weighted by Gasteiger charge is 2.29. The number of carbonyl (C=O) groups is 1. The number of amides is 1. The van der Waals surface area contributed by atoms with Gasteiger partial charge in [-0.3, -0.25) is 14.4 Å². The van der Waals surface area contributed by atoms with Crippen LogP contribution in [0.4, 0.5) is 0 Å². The second-order valence-electron chi connectivity index (χ2n) is 9.55. The summed E-state index contributed by atoms with van der Waals surface area (Å²) in [6.45, 7) is 3.08. The summed E-state index contributed by atoms with van der Waals surface area (Å²) < 4.78 is 12.7. The van der Waals surface area contributed by atoms with Gasteiger partial charge >= 0.3 is 0 Å². The number of aromatic nitrogens is 2. The number of rotatable bonds is 8. The lowest BCUT2D eigenvalue weighted by atomic mass is 10.0. The van der Waals surface area contributed by atoms with Gasteiger partial charge in [0.05, 0.1) is 20.8 Å². The molecule has 2 aliphatic rings. The summed E-state index contributed by atoms with van der Waals surface area (Å²) in [5, 5.41) is 8.12. The molecule has 1 amide bonds. The molecule has 1 aliphatic heterocycles.